The first-order valence-corrected chi connectivity index (χ1v) is 5.00. The highest BCUT2D eigenvalue weighted by Crippen LogP contribution is 2.08. The molecule has 2 aromatic heterocycles. The number of imidazole rings is 1. The highest BCUT2D eigenvalue weighted by atomic mass is 15.0. The van der Waals surface area contributed by atoms with E-state index in [4.69, 9.17) is 5.73 Å². The molecule has 0 saturated carbocycles. The molecule has 78 valence electrons. The van der Waals surface area contributed by atoms with Gasteiger partial charge in [0.25, 0.3) is 0 Å². The molecule has 0 unspecified atom stereocenters. The van der Waals surface area contributed by atoms with Crippen LogP contribution in [0, 0.1) is 0 Å². The third kappa shape index (κ3) is 2.15. The molecular formula is C11H14N4. The molecule has 0 saturated heterocycles. The van der Waals surface area contributed by atoms with Gasteiger partial charge in [0.2, 0.25) is 0 Å². The van der Waals surface area contributed by atoms with Gasteiger partial charge in [0.1, 0.15) is 11.6 Å². The Kier molecular flexibility index (Phi) is 2.67. The Balaban J connectivity index is 2.18. The van der Waals surface area contributed by atoms with Gasteiger partial charge in [-0.15, -0.1) is 0 Å². The van der Waals surface area contributed by atoms with Crippen LogP contribution in [-0.2, 0) is 13.0 Å². The molecule has 0 aliphatic carbocycles. The molecule has 4 heteroatoms. The predicted molar refractivity (Wildman–Crippen MR) is 59.4 cm³/mol. The molecule has 0 aliphatic heterocycles. The molecule has 2 aromatic rings. The summed E-state index contributed by atoms with van der Waals surface area (Å²) in [5.41, 5.74) is 6.65. The highest BCUT2D eigenvalue weighted by Gasteiger charge is 2.02. The summed E-state index contributed by atoms with van der Waals surface area (Å²) in [7, 11) is 0. The molecule has 0 amide bonds. The van der Waals surface area contributed by atoms with Crippen molar-refractivity contribution < 1.29 is 0 Å². The molecule has 15 heavy (non-hydrogen) atoms. The highest BCUT2D eigenvalue weighted by molar-refractivity contribution is 5.30. The maximum atomic E-state index is 5.52. The quantitative estimate of drug-likeness (QED) is 0.820. The Morgan fingerprint density at radius 3 is 2.87 bits per heavy atom. The van der Waals surface area contributed by atoms with Crippen LogP contribution in [0.5, 0.6) is 0 Å². The van der Waals surface area contributed by atoms with Gasteiger partial charge in [-0.3, -0.25) is 0 Å². The van der Waals surface area contributed by atoms with Crippen molar-refractivity contribution >= 4 is 5.82 Å². The Hall–Kier alpha value is -1.84. The molecule has 2 rings (SSSR count). The fourth-order valence-electron chi connectivity index (χ4n) is 1.52. The van der Waals surface area contributed by atoms with Crippen LogP contribution >= 0.6 is 0 Å². The fourth-order valence-corrected chi connectivity index (χ4v) is 1.52. The minimum absolute atomic E-state index is 0.553. The van der Waals surface area contributed by atoms with E-state index in [1.807, 2.05) is 24.5 Å². The molecule has 0 atom stereocenters. The van der Waals surface area contributed by atoms with Crippen LogP contribution in [0.25, 0.3) is 0 Å². The van der Waals surface area contributed by atoms with E-state index < -0.39 is 0 Å². The second-order valence-corrected chi connectivity index (χ2v) is 3.40. The summed E-state index contributed by atoms with van der Waals surface area (Å²) in [5, 5.41) is 0. The number of aryl methyl sites for hydroxylation is 1. The molecule has 0 bridgehead atoms. The second-order valence-electron chi connectivity index (χ2n) is 3.40. The molecule has 0 spiro atoms. The zero-order valence-electron chi connectivity index (χ0n) is 8.72. The minimum Gasteiger partial charge on any atom is -0.384 e. The number of aromatic nitrogens is 3. The van der Waals surface area contributed by atoms with Crippen LogP contribution in [0.1, 0.15) is 18.3 Å². The van der Waals surface area contributed by atoms with E-state index in [2.05, 4.69) is 21.5 Å². The Morgan fingerprint density at radius 1 is 1.33 bits per heavy atom. The lowest BCUT2D eigenvalue weighted by Gasteiger charge is -2.04. The van der Waals surface area contributed by atoms with Gasteiger partial charge in [-0.2, -0.15) is 0 Å². The van der Waals surface area contributed by atoms with Gasteiger partial charge in [0.15, 0.2) is 0 Å². The zero-order valence-corrected chi connectivity index (χ0v) is 8.72. The molecule has 4 nitrogen and oxygen atoms in total. The van der Waals surface area contributed by atoms with Crippen LogP contribution in [0.2, 0.25) is 0 Å². The lowest BCUT2D eigenvalue weighted by molar-refractivity contribution is 0.712. The van der Waals surface area contributed by atoms with E-state index >= 15 is 0 Å². The van der Waals surface area contributed by atoms with Gasteiger partial charge in [0, 0.05) is 31.6 Å². The summed E-state index contributed by atoms with van der Waals surface area (Å²) in [5.74, 6) is 1.61. The van der Waals surface area contributed by atoms with Crippen molar-refractivity contribution in [2.24, 2.45) is 0 Å². The summed E-state index contributed by atoms with van der Waals surface area (Å²) < 4.78 is 2.12. The van der Waals surface area contributed by atoms with Crippen molar-refractivity contribution in [3.8, 4) is 0 Å². The van der Waals surface area contributed by atoms with Crippen molar-refractivity contribution in [3.05, 3.63) is 42.1 Å². The second kappa shape index (κ2) is 4.13. The number of nitrogens with two attached hydrogens (primary N) is 1. The normalized spacial score (nSPS) is 10.5. The number of hydrogen-bond donors (Lipinski definition) is 1. The van der Waals surface area contributed by atoms with Crippen LogP contribution in [0.3, 0.4) is 0 Å². The average molecular weight is 202 g/mol. The first-order valence-electron chi connectivity index (χ1n) is 5.00. The maximum absolute atomic E-state index is 5.52. The van der Waals surface area contributed by atoms with Crippen molar-refractivity contribution in [1.29, 1.82) is 0 Å². The monoisotopic (exact) mass is 202 g/mol. The van der Waals surface area contributed by atoms with E-state index in [0.29, 0.717) is 5.82 Å². The smallest absolute Gasteiger partial charge is 0.123 e. The average Bonchev–Trinajstić information content (AvgIpc) is 2.69. The Bertz CT molecular complexity index is 430. The fraction of sp³-hybridized carbons (Fsp3) is 0.273. The van der Waals surface area contributed by atoms with Crippen molar-refractivity contribution in [1.82, 2.24) is 14.5 Å². The van der Waals surface area contributed by atoms with Gasteiger partial charge >= 0.3 is 0 Å². The molecule has 0 aliphatic rings. The lowest BCUT2D eigenvalue weighted by atomic mass is 10.2. The number of pyridine rings is 1. The van der Waals surface area contributed by atoms with E-state index in [1.54, 1.807) is 6.20 Å². The van der Waals surface area contributed by atoms with Gasteiger partial charge in [0.05, 0.1) is 0 Å². The van der Waals surface area contributed by atoms with Gasteiger partial charge in [-0.1, -0.05) is 6.07 Å². The van der Waals surface area contributed by atoms with Crippen LogP contribution in [0.4, 0.5) is 5.82 Å². The lowest BCUT2D eigenvalue weighted by Crippen LogP contribution is -2.02. The van der Waals surface area contributed by atoms with Crippen molar-refractivity contribution in [3.63, 3.8) is 0 Å². The third-order valence-corrected chi connectivity index (χ3v) is 2.35. The largest absolute Gasteiger partial charge is 0.384 e. The number of anilines is 1. The van der Waals surface area contributed by atoms with E-state index in [9.17, 15) is 0 Å². The van der Waals surface area contributed by atoms with Crippen LogP contribution in [0.15, 0.2) is 30.7 Å². The van der Waals surface area contributed by atoms with Crippen molar-refractivity contribution in [2.45, 2.75) is 19.9 Å². The first-order chi connectivity index (χ1) is 7.29. The topological polar surface area (TPSA) is 56.7 Å². The SMILES string of the molecule is CCn1ccnc1Cc1ccc(N)nc1. The summed E-state index contributed by atoms with van der Waals surface area (Å²) in [6.07, 6.45) is 6.40. The summed E-state index contributed by atoms with van der Waals surface area (Å²) in [4.78, 5) is 8.36. The minimum atomic E-state index is 0.553. The number of nitrogen functional groups attached to an aromatic ring is 1. The predicted octanol–water partition coefficient (Wildman–Crippen LogP) is 1.47. The zero-order chi connectivity index (χ0) is 10.7. The molecule has 0 aromatic carbocycles. The number of rotatable bonds is 3. The summed E-state index contributed by atoms with van der Waals surface area (Å²) in [6.45, 7) is 3.05. The Labute approximate surface area is 88.8 Å². The molecule has 0 radical (unpaired) electrons. The van der Waals surface area contributed by atoms with E-state index in [-0.39, 0.29) is 0 Å². The van der Waals surface area contributed by atoms with Crippen molar-refractivity contribution in [2.75, 3.05) is 5.73 Å². The number of nitrogens with zero attached hydrogens (tertiary/aromatic N) is 3. The maximum Gasteiger partial charge on any atom is 0.123 e. The van der Waals surface area contributed by atoms with Crippen LogP contribution in [-0.4, -0.2) is 14.5 Å². The molecule has 2 N–H and O–H groups in total. The molecule has 0 fully saturated rings. The summed E-state index contributed by atoms with van der Waals surface area (Å²) >= 11 is 0. The molecular weight excluding hydrogens is 188 g/mol. The van der Waals surface area contributed by atoms with Gasteiger partial charge in [-0.25, -0.2) is 9.97 Å². The first kappa shape index (κ1) is 9.71. The van der Waals surface area contributed by atoms with Crippen LogP contribution < -0.4 is 5.73 Å². The van der Waals surface area contributed by atoms with Gasteiger partial charge < -0.3 is 10.3 Å². The van der Waals surface area contributed by atoms with E-state index in [0.717, 1.165) is 24.4 Å². The third-order valence-electron chi connectivity index (χ3n) is 2.35. The van der Waals surface area contributed by atoms with E-state index in [1.165, 1.54) is 0 Å². The van der Waals surface area contributed by atoms with Gasteiger partial charge in [-0.05, 0) is 18.6 Å². The summed E-state index contributed by atoms with van der Waals surface area (Å²) in [6, 6.07) is 3.80. The standard InChI is InChI=1S/C11H14N4/c1-2-15-6-5-13-11(15)7-9-3-4-10(12)14-8-9/h3-6,8H,2,7H2,1H3,(H2,12,14). The number of hydrogen-bond acceptors (Lipinski definition) is 3. The Morgan fingerprint density at radius 2 is 2.20 bits per heavy atom. The molecule has 2 heterocycles.